The summed E-state index contributed by atoms with van der Waals surface area (Å²) in [5, 5.41) is 9.84. The van der Waals surface area contributed by atoms with Crippen molar-refractivity contribution in [2.24, 2.45) is 0 Å². The van der Waals surface area contributed by atoms with Crippen molar-refractivity contribution in [2.75, 3.05) is 4.72 Å². The minimum atomic E-state index is -3.79. The molecule has 0 aliphatic rings. The Labute approximate surface area is 172 Å². The summed E-state index contributed by atoms with van der Waals surface area (Å²) in [7, 11) is -3.79. The molecule has 0 saturated carbocycles. The van der Waals surface area contributed by atoms with Gasteiger partial charge >= 0.3 is 0 Å². The summed E-state index contributed by atoms with van der Waals surface area (Å²) >= 11 is 13.4. The number of hydrogen-bond acceptors (Lipinski definition) is 5. The van der Waals surface area contributed by atoms with E-state index < -0.39 is 10.0 Å². The zero-order valence-corrected chi connectivity index (χ0v) is 17.4. The molecule has 0 amide bonds. The first kappa shape index (κ1) is 20.0. The van der Waals surface area contributed by atoms with Gasteiger partial charge in [-0.05, 0) is 42.8 Å². The summed E-state index contributed by atoms with van der Waals surface area (Å²) in [6.45, 7) is 2.40. The molecule has 0 saturated heterocycles. The van der Waals surface area contributed by atoms with Crippen LogP contribution in [0, 0.1) is 0 Å². The van der Waals surface area contributed by atoms with Crippen molar-refractivity contribution in [1.82, 2.24) is 14.8 Å². The van der Waals surface area contributed by atoms with E-state index in [9.17, 15) is 8.42 Å². The molecule has 1 N–H and O–H groups in total. The summed E-state index contributed by atoms with van der Waals surface area (Å²) < 4.78 is 29.3. The fourth-order valence-corrected chi connectivity index (χ4v) is 4.72. The molecule has 0 unspecified atom stereocenters. The highest BCUT2D eigenvalue weighted by molar-refractivity contribution is 7.98. The Bertz CT molecular complexity index is 1040. The van der Waals surface area contributed by atoms with Gasteiger partial charge in [0.2, 0.25) is 5.95 Å². The van der Waals surface area contributed by atoms with Crippen LogP contribution in [0.3, 0.4) is 0 Å². The standard InChI is InChI=1S/C17H16Cl2N4O2S2/c1-2-23-16(22-27(24,25)14-9-7-13(18)8-10-14)20-21-17(23)26-11-12-5-3-4-6-15(12)19/h3-10H,2,11H2,1H3,(H,20,22). The van der Waals surface area contributed by atoms with Gasteiger partial charge in [0.25, 0.3) is 10.0 Å². The fourth-order valence-electron chi connectivity index (χ4n) is 2.31. The third-order valence-corrected chi connectivity index (χ3v) is 6.68. The molecular formula is C17H16Cl2N4O2S2. The van der Waals surface area contributed by atoms with Crippen LogP contribution in [-0.2, 0) is 22.3 Å². The van der Waals surface area contributed by atoms with E-state index in [2.05, 4.69) is 14.9 Å². The normalized spacial score (nSPS) is 11.5. The second kappa shape index (κ2) is 8.52. The van der Waals surface area contributed by atoms with Crippen LogP contribution in [0.25, 0.3) is 0 Å². The second-order valence-corrected chi connectivity index (χ2v) is 8.96. The van der Waals surface area contributed by atoms with Crippen LogP contribution in [0.15, 0.2) is 58.6 Å². The van der Waals surface area contributed by atoms with Crippen molar-refractivity contribution < 1.29 is 8.42 Å². The predicted molar refractivity (Wildman–Crippen MR) is 109 cm³/mol. The minimum absolute atomic E-state index is 0.0998. The van der Waals surface area contributed by atoms with Crippen LogP contribution in [0.5, 0.6) is 0 Å². The molecule has 0 fully saturated rings. The maximum absolute atomic E-state index is 12.6. The maximum Gasteiger partial charge on any atom is 0.264 e. The number of nitrogens with one attached hydrogen (secondary N) is 1. The topological polar surface area (TPSA) is 76.9 Å². The van der Waals surface area contributed by atoms with Gasteiger partial charge in [0.05, 0.1) is 4.90 Å². The zero-order valence-electron chi connectivity index (χ0n) is 14.3. The molecule has 142 valence electrons. The number of anilines is 1. The summed E-state index contributed by atoms with van der Waals surface area (Å²) in [5.41, 5.74) is 0.970. The lowest BCUT2D eigenvalue weighted by atomic mass is 10.2. The summed E-state index contributed by atoms with van der Waals surface area (Å²) in [5.74, 6) is 0.760. The van der Waals surface area contributed by atoms with Gasteiger partial charge in [-0.3, -0.25) is 4.57 Å². The Morgan fingerprint density at radius 3 is 2.44 bits per heavy atom. The van der Waals surface area contributed by atoms with E-state index in [1.165, 1.54) is 36.0 Å². The first-order chi connectivity index (χ1) is 12.9. The van der Waals surface area contributed by atoms with Crippen LogP contribution in [0.2, 0.25) is 10.0 Å². The van der Waals surface area contributed by atoms with Crippen molar-refractivity contribution in [3.63, 3.8) is 0 Å². The molecule has 0 bridgehead atoms. The number of benzene rings is 2. The lowest BCUT2D eigenvalue weighted by molar-refractivity contribution is 0.599. The van der Waals surface area contributed by atoms with E-state index >= 15 is 0 Å². The van der Waals surface area contributed by atoms with E-state index in [1.807, 2.05) is 31.2 Å². The van der Waals surface area contributed by atoms with E-state index in [0.29, 0.717) is 27.5 Å². The maximum atomic E-state index is 12.6. The third kappa shape index (κ3) is 4.76. The lowest BCUT2D eigenvalue weighted by Crippen LogP contribution is -2.16. The molecule has 0 atom stereocenters. The van der Waals surface area contributed by atoms with Crippen LogP contribution in [0.4, 0.5) is 5.95 Å². The Balaban J connectivity index is 1.79. The SMILES string of the molecule is CCn1c(NS(=O)(=O)c2ccc(Cl)cc2)nnc1SCc1ccccc1Cl. The fraction of sp³-hybridized carbons (Fsp3) is 0.176. The Hall–Kier alpha value is -1.74. The largest absolute Gasteiger partial charge is 0.288 e. The van der Waals surface area contributed by atoms with E-state index in [-0.39, 0.29) is 10.8 Å². The van der Waals surface area contributed by atoms with Crippen LogP contribution >= 0.6 is 35.0 Å². The molecule has 3 rings (SSSR count). The highest BCUT2D eigenvalue weighted by atomic mass is 35.5. The first-order valence-electron chi connectivity index (χ1n) is 7.98. The molecule has 0 radical (unpaired) electrons. The quantitative estimate of drug-likeness (QED) is 0.536. The van der Waals surface area contributed by atoms with Crippen LogP contribution in [0.1, 0.15) is 12.5 Å². The summed E-state index contributed by atoms with van der Waals surface area (Å²) in [4.78, 5) is 0.0998. The van der Waals surface area contributed by atoms with Gasteiger partial charge in [-0.25, -0.2) is 13.1 Å². The summed E-state index contributed by atoms with van der Waals surface area (Å²) in [6.07, 6.45) is 0. The van der Waals surface area contributed by atoms with Gasteiger partial charge in [-0.1, -0.05) is 53.2 Å². The van der Waals surface area contributed by atoms with Gasteiger partial charge in [0, 0.05) is 22.3 Å². The van der Waals surface area contributed by atoms with Crippen molar-refractivity contribution in [3.05, 3.63) is 64.1 Å². The molecule has 0 spiro atoms. The molecular weight excluding hydrogens is 427 g/mol. The molecule has 1 aromatic heterocycles. The Morgan fingerprint density at radius 2 is 1.78 bits per heavy atom. The van der Waals surface area contributed by atoms with Crippen LogP contribution < -0.4 is 4.72 Å². The average molecular weight is 443 g/mol. The number of rotatable bonds is 7. The van der Waals surface area contributed by atoms with Gasteiger partial charge in [-0.15, -0.1) is 10.2 Å². The van der Waals surface area contributed by atoms with Crippen LogP contribution in [-0.4, -0.2) is 23.2 Å². The number of halogens is 2. The van der Waals surface area contributed by atoms with Gasteiger partial charge in [0.1, 0.15) is 0 Å². The van der Waals surface area contributed by atoms with Crippen molar-refractivity contribution in [3.8, 4) is 0 Å². The second-order valence-electron chi connectivity index (χ2n) is 5.49. The summed E-state index contributed by atoms with van der Waals surface area (Å²) in [6, 6.07) is 13.5. The Morgan fingerprint density at radius 1 is 1.07 bits per heavy atom. The number of hydrogen-bond donors (Lipinski definition) is 1. The van der Waals surface area contributed by atoms with E-state index in [1.54, 1.807) is 4.57 Å². The Kier molecular flexibility index (Phi) is 6.31. The highest BCUT2D eigenvalue weighted by Crippen LogP contribution is 2.27. The monoisotopic (exact) mass is 442 g/mol. The number of thioether (sulfide) groups is 1. The smallest absolute Gasteiger partial charge is 0.264 e. The lowest BCUT2D eigenvalue weighted by Gasteiger charge is -2.10. The number of aromatic nitrogens is 3. The van der Waals surface area contributed by atoms with Crippen molar-refractivity contribution in [2.45, 2.75) is 29.3 Å². The molecule has 6 nitrogen and oxygen atoms in total. The molecule has 2 aromatic carbocycles. The molecule has 0 aliphatic heterocycles. The van der Waals surface area contributed by atoms with Gasteiger partial charge in [0.15, 0.2) is 5.16 Å². The highest BCUT2D eigenvalue weighted by Gasteiger charge is 2.20. The number of nitrogens with zero attached hydrogens (tertiary/aromatic N) is 3. The van der Waals surface area contributed by atoms with Gasteiger partial charge in [-0.2, -0.15) is 0 Å². The van der Waals surface area contributed by atoms with E-state index in [0.717, 1.165) is 5.56 Å². The molecule has 1 heterocycles. The third-order valence-electron chi connectivity index (χ3n) is 3.70. The first-order valence-corrected chi connectivity index (χ1v) is 11.2. The molecule has 0 aliphatic carbocycles. The molecule has 3 aromatic rings. The number of sulfonamides is 1. The van der Waals surface area contributed by atoms with Gasteiger partial charge < -0.3 is 0 Å². The predicted octanol–water partition coefficient (Wildman–Crippen LogP) is 4.70. The molecule has 10 heteroatoms. The van der Waals surface area contributed by atoms with Crippen molar-refractivity contribution in [1.29, 1.82) is 0 Å². The zero-order chi connectivity index (χ0) is 19.4. The molecule has 27 heavy (non-hydrogen) atoms. The van der Waals surface area contributed by atoms with Crippen molar-refractivity contribution >= 4 is 50.9 Å². The average Bonchev–Trinajstić information content (AvgIpc) is 3.02. The van der Waals surface area contributed by atoms with E-state index in [4.69, 9.17) is 23.2 Å². The minimum Gasteiger partial charge on any atom is -0.288 e.